The van der Waals surface area contributed by atoms with Gasteiger partial charge in [-0.25, -0.2) is 26.3 Å². The maximum atomic E-state index is 14.9. The van der Waals surface area contributed by atoms with E-state index in [1.54, 1.807) is 0 Å². The quantitative estimate of drug-likeness (QED) is 0.203. The largest absolute Gasteiger partial charge is 0.429 e. The zero-order chi connectivity index (χ0) is 27.6. The monoisotopic (exact) mass is 542 g/mol. The van der Waals surface area contributed by atoms with Crippen LogP contribution in [0.3, 0.4) is 0 Å². The average Bonchev–Trinajstić information content (AvgIpc) is 2.87. The number of unbranched alkanes of at least 4 members (excludes halogenated alkanes) is 1. The lowest BCUT2D eigenvalue weighted by atomic mass is 9.77. The molecule has 0 aromatic heterocycles. The van der Waals surface area contributed by atoms with E-state index in [0.29, 0.717) is 37.0 Å². The molecule has 1 saturated carbocycles. The molecule has 3 aromatic carbocycles. The summed E-state index contributed by atoms with van der Waals surface area (Å²) in [6.45, 7) is 2.11. The molecule has 1 aliphatic carbocycles. The second kappa shape index (κ2) is 11.3. The summed E-state index contributed by atoms with van der Waals surface area (Å²) >= 11 is 0. The summed E-state index contributed by atoms with van der Waals surface area (Å²) in [6.07, 6.45) is 1.94. The number of rotatable bonds is 8. The summed E-state index contributed by atoms with van der Waals surface area (Å²) < 4.78 is 119. The van der Waals surface area contributed by atoms with E-state index >= 15 is 0 Å². The van der Waals surface area contributed by atoms with Crippen molar-refractivity contribution in [3.8, 4) is 16.9 Å². The molecule has 0 unspecified atom stereocenters. The fourth-order valence-corrected chi connectivity index (χ4v) is 5.07. The van der Waals surface area contributed by atoms with Crippen molar-refractivity contribution in [2.75, 3.05) is 0 Å². The van der Waals surface area contributed by atoms with Gasteiger partial charge in [-0.1, -0.05) is 32.3 Å². The van der Waals surface area contributed by atoms with Gasteiger partial charge in [0.2, 0.25) is 0 Å². The lowest BCUT2D eigenvalue weighted by Gasteiger charge is -2.29. The molecule has 204 valence electrons. The van der Waals surface area contributed by atoms with E-state index in [2.05, 4.69) is 11.7 Å². The van der Waals surface area contributed by atoms with Gasteiger partial charge in [-0.3, -0.25) is 0 Å². The molecular weight excluding hydrogens is 516 g/mol. The summed E-state index contributed by atoms with van der Waals surface area (Å²) in [6, 6.07) is 5.26. The first-order valence-corrected chi connectivity index (χ1v) is 12.5. The van der Waals surface area contributed by atoms with Crippen LogP contribution in [-0.2, 0) is 6.11 Å². The molecule has 0 radical (unpaired) electrons. The predicted molar refractivity (Wildman–Crippen MR) is 127 cm³/mol. The summed E-state index contributed by atoms with van der Waals surface area (Å²) in [5.74, 6) is -9.65. The lowest BCUT2D eigenvalue weighted by Crippen LogP contribution is -2.25. The van der Waals surface area contributed by atoms with Crippen LogP contribution in [0.1, 0.15) is 68.9 Å². The zero-order valence-electron chi connectivity index (χ0n) is 20.6. The van der Waals surface area contributed by atoms with Crippen LogP contribution in [0.25, 0.3) is 11.1 Å². The van der Waals surface area contributed by atoms with Crippen LogP contribution in [0.2, 0.25) is 0 Å². The maximum absolute atomic E-state index is 14.9. The fraction of sp³-hybridized carbons (Fsp3) is 0.379. The number of ether oxygens (including phenoxy) is 1. The van der Waals surface area contributed by atoms with Gasteiger partial charge in [0.05, 0.1) is 0 Å². The Morgan fingerprint density at radius 2 is 1.42 bits per heavy atom. The molecule has 0 amide bonds. The van der Waals surface area contributed by atoms with Crippen LogP contribution in [-0.4, -0.2) is 0 Å². The first-order chi connectivity index (χ1) is 18.0. The molecular formula is C29H26F8O. The Kier molecular flexibility index (Phi) is 8.33. The molecule has 0 atom stereocenters. The van der Waals surface area contributed by atoms with Crippen molar-refractivity contribution in [1.29, 1.82) is 0 Å². The Labute approximate surface area is 215 Å². The molecule has 1 aliphatic rings. The Balaban J connectivity index is 1.51. The van der Waals surface area contributed by atoms with E-state index in [0.717, 1.165) is 56.4 Å². The van der Waals surface area contributed by atoms with Gasteiger partial charge in [0, 0.05) is 11.6 Å². The Morgan fingerprint density at radius 1 is 0.763 bits per heavy atom. The smallest absolute Gasteiger partial charge is 0.429 e. The summed E-state index contributed by atoms with van der Waals surface area (Å²) in [5.41, 5.74) is -2.09. The third-order valence-electron chi connectivity index (χ3n) is 7.16. The van der Waals surface area contributed by atoms with Crippen LogP contribution < -0.4 is 4.74 Å². The standard InChI is InChI=1S/C29H26F8O/c1-2-3-4-16-5-7-17(8-6-16)21-11-12-22(27(34)26(21)33)29(36,37)38-19-9-10-20(23(30)15-19)18-13-24(31)28(35)25(32)14-18/h9-17H,2-8H2,1H3. The van der Waals surface area contributed by atoms with Gasteiger partial charge in [0.25, 0.3) is 0 Å². The van der Waals surface area contributed by atoms with Crippen LogP contribution in [0, 0.1) is 40.8 Å². The van der Waals surface area contributed by atoms with Crippen molar-refractivity contribution < 1.29 is 39.9 Å². The van der Waals surface area contributed by atoms with Crippen molar-refractivity contribution in [3.63, 3.8) is 0 Å². The highest BCUT2D eigenvalue weighted by atomic mass is 19.3. The lowest BCUT2D eigenvalue weighted by molar-refractivity contribution is -0.187. The molecule has 9 heteroatoms. The number of hydrogen-bond donors (Lipinski definition) is 0. The Hall–Kier alpha value is -3.10. The minimum atomic E-state index is -4.36. The summed E-state index contributed by atoms with van der Waals surface area (Å²) in [5, 5.41) is 0. The van der Waals surface area contributed by atoms with Gasteiger partial charge in [-0.15, -0.1) is 0 Å². The molecule has 3 aromatic rings. The van der Waals surface area contributed by atoms with Crippen molar-refractivity contribution in [2.24, 2.45) is 5.92 Å². The third kappa shape index (κ3) is 5.81. The highest BCUT2D eigenvalue weighted by molar-refractivity contribution is 5.65. The van der Waals surface area contributed by atoms with E-state index in [1.165, 1.54) is 0 Å². The minimum Gasteiger partial charge on any atom is -0.429 e. The second-order valence-corrected chi connectivity index (χ2v) is 9.70. The number of hydrogen-bond acceptors (Lipinski definition) is 1. The highest BCUT2D eigenvalue weighted by Crippen LogP contribution is 2.41. The van der Waals surface area contributed by atoms with Crippen molar-refractivity contribution in [1.82, 2.24) is 0 Å². The molecule has 0 N–H and O–H groups in total. The molecule has 0 spiro atoms. The van der Waals surface area contributed by atoms with E-state index in [4.69, 9.17) is 0 Å². The Morgan fingerprint density at radius 3 is 2.03 bits per heavy atom. The normalized spacial score (nSPS) is 18.0. The van der Waals surface area contributed by atoms with Crippen LogP contribution in [0.15, 0.2) is 42.5 Å². The molecule has 0 aliphatic heterocycles. The van der Waals surface area contributed by atoms with Crippen molar-refractivity contribution >= 4 is 0 Å². The molecule has 38 heavy (non-hydrogen) atoms. The number of halogens is 8. The molecule has 4 rings (SSSR count). The molecule has 0 saturated heterocycles. The fourth-order valence-electron chi connectivity index (χ4n) is 5.07. The van der Waals surface area contributed by atoms with Gasteiger partial charge < -0.3 is 4.74 Å². The van der Waals surface area contributed by atoms with E-state index in [9.17, 15) is 35.1 Å². The molecule has 0 bridgehead atoms. The number of alkyl halides is 2. The van der Waals surface area contributed by atoms with Crippen LogP contribution in [0.4, 0.5) is 35.1 Å². The highest BCUT2D eigenvalue weighted by Gasteiger charge is 2.40. The Bertz CT molecular complexity index is 1270. The third-order valence-corrected chi connectivity index (χ3v) is 7.16. The summed E-state index contributed by atoms with van der Waals surface area (Å²) in [4.78, 5) is 0. The minimum absolute atomic E-state index is 0.0464. The first kappa shape index (κ1) is 27.9. The van der Waals surface area contributed by atoms with Gasteiger partial charge in [0.15, 0.2) is 29.1 Å². The van der Waals surface area contributed by atoms with Crippen LogP contribution in [0.5, 0.6) is 5.75 Å². The van der Waals surface area contributed by atoms with Gasteiger partial charge in [0.1, 0.15) is 17.1 Å². The van der Waals surface area contributed by atoms with E-state index < -0.39 is 57.9 Å². The van der Waals surface area contributed by atoms with Crippen molar-refractivity contribution in [2.45, 2.75) is 63.9 Å². The van der Waals surface area contributed by atoms with Crippen LogP contribution >= 0.6 is 0 Å². The zero-order valence-corrected chi connectivity index (χ0v) is 20.6. The predicted octanol–water partition coefficient (Wildman–Crippen LogP) is 9.78. The average molecular weight is 543 g/mol. The molecule has 1 fully saturated rings. The maximum Gasteiger partial charge on any atom is 0.429 e. The number of benzene rings is 3. The molecule has 1 nitrogen and oxygen atoms in total. The topological polar surface area (TPSA) is 9.23 Å². The van der Waals surface area contributed by atoms with Gasteiger partial charge >= 0.3 is 6.11 Å². The first-order valence-electron chi connectivity index (χ1n) is 12.5. The van der Waals surface area contributed by atoms with Crippen molar-refractivity contribution in [3.05, 3.63) is 88.5 Å². The molecule has 0 heterocycles. The van der Waals surface area contributed by atoms with E-state index in [-0.39, 0.29) is 17.0 Å². The van der Waals surface area contributed by atoms with E-state index in [1.807, 2.05) is 0 Å². The SMILES string of the molecule is CCCCC1CCC(c2ccc(C(F)(F)Oc3ccc(-c4cc(F)c(F)c(F)c4)c(F)c3)c(F)c2F)CC1. The van der Waals surface area contributed by atoms with Gasteiger partial charge in [-0.2, -0.15) is 8.78 Å². The second-order valence-electron chi connectivity index (χ2n) is 9.70. The summed E-state index contributed by atoms with van der Waals surface area (Å²) in [7, 11) is 0. The van der Waals surface area contributed by atoms with Gasteiger partial charge in [-0.05, 0) is 79.0 Å².